The minimum atomic E-state index is 0.568. The van der Waals surface area contributed by atoms with Crippen molar-refractivity contribution in [2.45, 2.75) is 0 Å². The molecule has 0 heterocycles. The highest BCUT2D eigenvalue weighted by Gasteiger charge is 2.12. The van der Waals surface area contributed by atoms with Crippen molar-refractivity contribution in [3.05, 3.63) is 46.4 Å². The molecule has 0 fully saturated rings. The third-order valence-corrected chi connectivity index (χ3v) is 3.56. The Kier molecular flexibility index (Phi) is 5.22. The number of nitrogens with zero attached hydrogens (tertiary/aromatic N) is 1. The van der Waals surface area contributed by atoms with Gasteiger partial charge in [-0.2, -0.15) is 0 Å². The van der Waals surface area contributed by atoms with Gasteiger partial charge in [-0.1, -0.05) is 12.1 Å². The van der Waals surface area contributed by atoms with E-state index in [1.165, 1.54) is 0 Å². The Balaban J connectivity index is 2.39. The van der Waals surface area contributed by atoms with Gasteiger partial charge in [0.1, 0.15) is 0 Å². The Morgan fingerprint density at radius 1 is 0.952 bits per heavy atom. The first-order valence-corrected chi connectivity index (χ1v) is 7.07. The summed E-state index contributed by atoms with van der Waals surface area (Å²) in [5.41, 5.74) is 1.71. The fourth-order valence-electron chi connectivity index (χ4n) is 1.88. The molecule has 0 saturated heterocycles. The minimum absolute atomic E-state index is 0.568. The summed E-state index contributed by atoms with van der Waals surface area (Å²) in [5, 5.41) is 0. The third-order valence-electron chi connectivity index (χ3n) is 2.89. The van der Waals surface area contributed by atoms with E-state index < -0.39 is 0 Å². The number of hydrogen-bond acceptors (Lipinski definition) is 4. The summed E-state index contributed by atoms with van der Waals surface area (Å²) in [6, 6.07) is 11.5. The zero-order valence-electron chi connectivity index (χ0n) is 12.1. The molecule has 21 heavy (non-hydrogen) atoms. The average Bonchev–Trinajstić information content (AvgIpc) is 2.52. The normalized spacial score (nSPS) is 10.7. The van der Waals surface area contributed by atoms with E-state index in [2.05, 4.69) is 20.9 Å². The Hall–Kier alpha value is -2.01. The van der Waals surface area contributed by atoms with E-state index in [0.717, 1.165) is 15.7 Å². The van der Waals surface area contributed by atoms with Gasteiger partial charge < -0.3 is 14.2 Å². The fourth-order valence-corrected chi connectivity index (χ4v) is 2.26. The Morgan fingerprint density at radius 3 is 2.10 bits per heavy atom. The van der Waals surface area contributed by atoms with E-state index in [9.17, 15) is 0 Å². The van der Waals surface area contributed by atoms with Crippen LogP contribution in [0.1, 0.15) is 5.56 Å². The second kappa shape index (κ2) is 7.13. The second-order valence-electron chi connectivity index (χ2n) is 4.17. The molecule has 0 radical (unpaired) electrons. The van der Waals surface area contributed by atoms with Crippen LogP contribution in [0.5, 0.6) is 17.2 Å². The molecule has 0 aliphatic heterocycles. The van der Waals surface area contributed by atoms with Crippen molar-refractivity contribution in [3.8, 4) is 17.2 Å². The maximum atomic E-state index is 5.32. The standard InChI is InChI=1S/C16H16BrNO3/c1-19-14-8-11(9-15(20-2)16(14)21-3)10-18-13-7-5-4-6-12(13)17/h4-10H,1-3H3. The Labute approximate surface area is 132 Å². The molecule has 0 atom stereocenters. The summed E-state index contributed by atoms with van der Waals surface area (Å²) < 4.78 is 16.9. The van der Waals surface area contributed by atoms with Crippen molar-refractivity contribution in [1.29, 1.82) is 0 Å². The van der Waals surface area contributed by atoms with E-state index in [0.29, 0.717) is 17.2 Å². The van der Waals surface area contributed by atoms with Gasteiger partial charge in [-0.3, -0.25) is 4.99 Å². The van der Waals surface area contributed by atoms with Crippen molar-refractivity contribution in [1.82, 2.24) is 0 Å². The molecule has 0 spiro atoms. The van der Waals surface area contributed by atoms with E-state index >= 15 is 0 Å². The predicted octanol–water partition coefficient (Wildman–Crippen LogP) is 4.23. The summed E-state index contributed by atoms with van der Waals surface area (Å²) >= 11 is 3.47. The van der Waals surface area contributed by atoms with Gasteiger partial charge in [0.05, 0.1) is 27.0 Å². The SMILES string of the molecule is COc1cc(C=Nc2ccccc2Br)cc(OC)c1OC. The molecule has 110 valence electrons. The predicted molar refractivity (Wildman–Crippen MR) is 87.5 cm³/mol. The quantitative estimate of drug-likeness (QED) is 0.758. The molecule has 0 aromatic heterocycles. The molecule has 0 aliphatic rings. The third kappa shape index (κ3) is 3.55. The van der Waals surface area contributed by atoms with Crippen molar-refractivity contribution >= 4 is 27.8 Å². The molecule has 0 N–H and O–H groups in total. The van der Waals surface area contributed by atoms with E-state index in [4.69, 9.17) is 14.2 Å². The summed E-state index contributed by atoms with van der Waals surface area (Å²) in [6.07, 6.45) is 1.75. The molecule has 0 amide bonds. The molecule has 4 nitrogen and oxygen atoms in total. The molecule has 2 aromatic rings. The first-order valence-electron chi connectivity index (χ1n) is 6.28. The van der Waals surface area contributed by atoms with Crippen molar-refractivity contribution in [2.75, 3.05) is 21.3 Å². The van der Waals surface area contributed by atoms with E-state index in [1.54, 1.807) is 27.5 Å². The lowest BCUT2D eigenvalue weighted by Crippen LogP contribution is -1.96. The van der Waals surface area contributed by atoms with Crippen molar-refractivity contribution < 1.29 is 14.2 Å². The maximum Gasteiger partial charge on any atom is 0.203 e. The summed E-state index contributed by atoms with van der Waals surface area (Å²) in [4.78, 5) is 4.46. The molecule has 5 heteroatoms. The smallest absolute Gasteiger partial charge is 0.203 e. The molecule has 0 saturated carbocycles. The van der Waals surface area contributed by atoms with Crippen LogP contribution in [0.3, 0.4) is 0 Å². The van der Waals surface area contributed by atoms with Gasteiger partial charge >= 0.3 is 0 Å². The number of halogens is 1. The van der Waals surface area contributed by atoms with Crippen LogP contribution in [0.4, 0.5) is 5.69 Å². The highest BCUT2D eigenvalue weighted by molar-refractivity contribution is 9.10. The van der Waals surface area contributed by atoms with E-state index in [1.807, 2.05) is 36.4 Å². The Bertz CT molecular complexity index is 631. The van der Waals surface area contributed by atoms with Gasteiger partial charge in [0.25, 0.3) is 0 Å². The second-order valence-corrected chi connectivity index (χ2v) is 5.02. The lowest BCUT2D eigenvalue weighted by Gasteiger charge is -2.12. The first-order chi connectivity index (χ1) is 10.2. The van der Waals surface area contributed by atoms with Gasteiger partial charge in [0.15, 0.2) is 11.5 Å². The summed E-state index contributed by atoms with van der Waals surface area (Å²) in [5.74, 6) is 1.77. The van der Waals surface area contributed by atoms with Crippen LogP contribution >= 0.6 is 15.9 Å². The first kappa shape index (κ1) is 15.4. The van der Waals surface area contributed by atoms with Crippen LogP contribution in [0, 0.1) is 0 Å². The molecule has 0 aliphatic carbocycles. The largest absolute Gasteiger partial charge is 0.493 e. The van der Waals surface area contributed by atoms with Crippen LogP contribution < -0.4 is 14.2 Å². The highest BCUT2D eigenvalue weighted by atomic mass is 79.9. The molecule has 0 bridgehead atoms. The van der Waals surface area contributed by atoms with Crippen molar-refractivity contribution in [2.24, 2.45) is 4.99 Å². The van der Waals surface area contributed by atoms with Gasteiger partial charge in [0.2, 0.25) is 5.75 Å². The number of benzene rings is 2. The monoisotopic (exact) mass is 349 g/mol. The zero-order valence-corrected chi connectivity index (χ0v) is 13.7. The van der Waals surface area contributed by atoms with Crippen LogP contribution in [0.15, 0.2) is 45.9 Å². The van der Waals surface area contributed by atoms with Gasteiger partial charge in [0, 0.05) is 16.3 Å². The minimum Gasteiger partial charge on any atom is -0.493 e. The fraction of sp³-hybridized carbons (Fsp3) is 0.188. The average molecular weight is 350 g/mol. The Morgan fingerprint density at radius 2 is 1.57 bits per heavy atom. The van der Waals surface area contributed by atoms with Crippen LogP contribution in [0.25, 0.3) is 0 Å². The zero-order chi connectivity index (χ0) is 15.2. The highest BCUT2D eigenvalue weighted by Crippen LogP contribution is 2.38. The number of rotatable bonds is 5. The topological polar surface area (TPSA) is 40.0 Å². The maximum absolute atomic E-state index is 5.32. The molecule has 2 aromatic carbocycles. The summed E-state index contributed by atoms with van der Waals surface area (Å²) in [7, 11) is 4.76. The number of methoxy groups -OCH3 is 3. The van der Waals surface area contributed by atoms with Crippen molar-refractivity contribution in [3.63, 3.8) is 0 Å². The van der Waals surface area contributed by atoms with E-state index in [-0.39, 0.29) is 0 Å². The molecule has 0 unspecified atom stereocenters. The summed E-state index contributed by atoms with van der Waals surface area (Å²) in [6.45, 7) is 0. The number of aliphatic imine (C=N–C) groups is 1. The number of hydrogen-bond donors (Lipinski definition) is 0. The molecular formula is C16H16BrNO3. The van der Waals surface area contributed by atoms with Crippen LogP contribution in [-0.4, -0.2) is 27.5 Å². The van der Waals surface area contributed by atoms with Crippen LogP contribution in [-0.2, 0) is 0 Å². The molecule has 2 rings (SSSR count). The number of ether oxygens (including phenoxy) is 3. The lowest BCUT2D eigenvalue weighted by molar-refractivity contribution is 0.324. The molecular weight excluding hydrogens is 334 g/mol. The number of para-hydroxylation sites is 1. The van der Waals surface area contributed by atoms with Gasteiger partial charge in [-0.05, 0) is 40.2 Å². The lowest BCUT2D eigenvalue weighted by atomic mass is 10.2. The van der Waals surface area contributed by atoms with Gasteiger partial charge in [-0.25, -0.2) is 0 Å². The van der Waals surface area contributed by atoms with Gasteiger partial charge in [-0.15, -0.1) is 0 Å². The van der Waals surface area contributed by atoms with Crippen LogP contribution in [0.2, 0.25) is 0 Å².